The number of carbonyl (C=O) groups excluding carboxylic acids is 2. The number of fused-ring (bicyclic) bond motifs is 1. The second-order valence-electron chi connectivity index (χ2n) is 6.21. The molecule has 25 heavy (non-hydrogen) atoms. The van der Waals surface area contributed by atoms with Crippen LogP contribution in [-0.2, 0) is 4.79 Å². The van der Waals surface area contributed by atoms with Gasteiger partial charge in [0.1, 0.15) is 5.69 Å². The highest BCUT2D eigenvalue weighted by atomic mass is 32.1. The smallest absolute Gasteiger partial charge is 0.270 e. The minimum atomic E-state index is -0.382. The Kier molecular flexibility index (Phi) is 4.28. The van der Waals surface area contributed by atoms with E-state index in [1.54, 1.807) is 29.8 Å². The van der Waals surface area contributed by atoms with Gasteiger partial charge in [-0.25, -0.2) is 4.98 Å². The summed E-state index contributed by atoms with van der Waals surface area (Å²) in [5, 5.41) is 7.76. The summed E-state index contributed by atoms with van der Waals surface area (Å²) in [6, 6.07) is 5.16. The lowest BCUT2D eigenvalue weighted by Crippen LogP contribution is -2.42. The van der Waals surface area contributed by atoms with Crippen LogP contribution in [0.1, 0.15) is 36.2 Å². The number of hydrogen-bond donors (Lipinski definition) is 1. The van der Waals surface area contributed by atoms with Crippen molar-refractivity contribution in [1.29, 1.82) is 0 Å². The van der Waals surface area contributed by atoms with Gasteiger partial charge in [-0.1, -0.05) is 6.42 Å². The van der Waals surface area contributed by atoms with Gasteiger partial charge in [0.05, 0.1) is 11.6 Å². The molecule has 126 valence electrons. The maximum Gasteiger partial charge on any atom is 0.270 e. The number of amides is 1. The number of carbonyl (C=O) groups is 2. The third kappa shape index (κ3) is 3.17. The molecular formula is C19H17N3O2S. The lowest BCUT2D eigenvalue weighted by atomic mass is 9.94. The molecule has 0 radical (unpaired) electrons. The van der Waals surface area contributed by atoms with Gasteiger partial charge < -0.3 is 5.32 Å². The van der Waals surface area contributed by atoms with E-state index in [0.717, 1.165) is 34.9 Å². The average Bonchev–Trinajstić information content (AvgIpc) is 3.17. The average molecular weight is 351 g/mol. The highest BCUT2D eigenvalue weighted by molar-refractivity contribution is 7.08. The Morgan fingerprint density at radius 1 is 1.20 bits per heavy atom. The van der Waals surface area contributed by atoms with E-state index in [1.807, 2.05) is 22.9 Å². The van der Waals surface area contributed by atoms with Crippen molar-refractivity contribution >= 4 is 33.9 Å². The third-order valence-electron chi connectivity index (χ3n) is 4.52. The number of aromatic nitrogens is 2. The number of nitrogens with one attached hydrogen (secondary N) is 1. The molecule has 1 aliphatic rings. The van der Waals surface area contributed by atoms with Crippen LogP contribution in [0.5, 0.6) is 0 Å². The lowest BCUT2D eigenvalue weighted by Gasteiger charge is -2.21. The molecule has 3 aromatic heterocycles. The van der Waals surface area contributed by atoms with E-state index in [2.05, 4.69) is 15.3 Å². The van der Waals surface area contributed by atoms with Crippen molar-refractivity contribution < 1.29 is 9.59 Å². The van der Waals surface area contributed by atoms with Gasteiger partial charge in [0.15, 0.2) is 5.78 Å². The zero-order chi connectivity index (χ0) is 17.2. The molecular weight excluding hydrogens is 334 g/mol. The van der Waals surface area contributed by atoms with Gasteiger partial charge in [-0.2, -0.15) is 11.3 Å². The second-order valence-corrected chi connectivity index (χ2v) is 6.99. The largest absolute Gasteiger partial charge is 0.341 e. The van der Waals surface area contributed by atoms with E-state index in [4.69, 9.17) is 0 Å². The molecule has 1 amide bonds. The predicted octanol–water partition coefficient (Wildman–Crippen LogP) is 3.60. The number of ketones is 1. The van der Waals surface area contributed by atoms with Gasteiger partial charge in [-0.05, 0) is 47.4 Å². The SMILES string of the molecule is O=C(NC1CCCCC1=O)c1ccc2cncc(-c3ccsc3)c2n1. The normalized spacial score (nSPS) is 17.6. The van der Waals surface area contributed by atoms with Crippen LogP contribution in [0.15, 0.2) is 41.4 Å². The van der Waals surface area contributed by atoms with Crippen LogP contribution in [-0.4, -0.2) is 27.7 Å². The highest BCUT2D eigenvalue weighted by Gasteiger charge is 2.24. The quantitative estimate of drug-likeness (QED) is 0.782. The molecule has 5 nitrogen and oxygen atoms in total. The van der Waals surface area contributed by atoms with Gasteiger partial charge in [0.2, 0.25) is 0 Å². The molecule has 3 heterocycles. The van der Waals surface area contributed by atoms with Crippen molar-refractivity contribution in [2.45, 2.75) is 31.7 Å². The van der Waals surface area contributed by atoms with Gasteiger partial charge in [-0.15, -0.1) is 0 Å². The Labute approximate surface area is 149 Å². The van der Waals surface area contributed by atoms with Gasteiger partial charge in [-0.3, -0.25) is 14.6 Å². The molecule has 1 fully saturated rings. The third-order valence-corrected chi connectivity index (χ3v) is 5.21. The fourth-order valence-corrected chi connectivity index (χ4v) is 3.82. The van der Waals surface area contributed by atoms with Gasteiger partial charge in [0, 0.05) is 29.8 Å². The predicted molar refractivity (Wildman–Crippen MR) is 97.6 cm³/mol. The Morgan fingerprint density at radius 2 is 2.12 bits per heavy atom. The van der Waals surface area contributed by atoms with Gasteiger partial charge >= 0.3 is 0 Å². The first-order chi connectivity index (χ1) is 12.2. The second kappa shape index (κ2) is 6.72. The summed E-state index contributed by atoms with van der Waals surface area (Å²) in [6.07, 6.45) is 6.65. The van der Waals surface area contributed by atoms with E-state index in [1.165, 1.54) is 0 Å². The lowest BCUT2D eigenvalue weighted by molar-refractivity contribution is -0.122. The van der Waals surface area contributed by atoms with Crippen LogP contribution in [0.3, 0.4) is 0 Å². The Hall–Kier alpha value is -2.60. The van der Waals surface area contributed by atoms with Crippen molar-refractivity contribution in [1.82, 2.24) is 15.3 Å². The maximum absolute atomic E-state index is 12.6. The highest BCUT2D eigenvalue weighted by Crippen LogP contribution is 2.28. The van der Waals surface area contributed by atoms with Crippen molar-refractivity contribution in [3.63, 3.8) is 0 Å². The summed E-state index contributed by atoms with van der Waals surface area (Å²) in [5.74, 6) is -0.182. The zero-order valence-electron chi connectivity index (χ0n) is 13.6. The van der Waals surface area contributed by atoms with Crippen LogP contribution in [0, 0.1) is 0 Å². The molecule has 1 N–H and O–H groups in total. The first-order valence-corrected chi connectivity index (χ1v) is 9.27. The minimum absolute atomic E-state index is 0.114. The van der Waals surface area contributed by atoms with Crippen LogP contribution in [0.25, 0.3) is 22.0 Å². The first kappa shape index (κ1) is 15.9. The summed E-state index contributed by atoms with van der Waals surface area (Å²) in [4.78, 5) is 33.3. The van der Waals surface area contributed by atoms with Crippen molar-refractivity contribution in [3.05, 3.63) is 47.0 Å². The van der Waals surface area contributed by atoms with E-state index in [0.29, 0.717) is 18.5 Å². The first-order valence-electron chi connectivity index (χ1n) is 8.33. The Balaban J connectivity index is 1.67. The number of pyridine rings is 2. The summed E-state index contributed by atoms with van der Waals surface area (Å²) in [7, 11) is 0. The standard InChI is InChI=1S/C19H17N3O2S/c23-17-4-2-1-3-15(17)22-19(24)16-6-5-12-9-20-10-14(18(12)21-16)13-7-8-25-11-13/h5-11,15H,1-4H2,(H,22,24). The molecule has 0 aliphatic heterocycles. The monoisotopic (exact) mass is 351 g/mol. The number of thiophene rings is 1. The number of nitrogens with zero attached hydrogens (tertiary/aromatic N) is 2. The van der Waals surface area contributed by atoms with Crippen LogP contribution >= 0.6 is 11.3 Å². The molecule has 0 bridgehead atoms. The Morgan fingerprint density at radius 3 is 2.92 bits per heavy atom. The summed E-state index contributed by atoms with van der Waals surface area (Å²) in [5.41, 5.74) is 3.02. The van der Waals surface area contributed by atoms with E-state index >= 15 is 0 Å². The van der Waals surface area contributed by atoms with Crippen LogP contribution in [0.2, 0.25) is 0 Å². The van der Waals surface area contributed by atoms with Crippen molar-refractivity contribution in [2.24, 2.45) is 0 Å². The Bertz CT molecular complexity index is 937. The molecule has 1 atom stereocenters. The molecule has 4 rings (SSSR count). The summed E-state index contributed by atoms with van der Waals surface area (Å²) >= 11 is 1.60. The van der Waals surface area contributed by atoms with E-state index < -0.39 is 0 Å². The molecule has 0 aromatic carbocycles. The summed E-state index contributed by atoms with van der Waals surface area (Å²) in [6.45, 7) is 0. The fourth-order valence-electron chi connectivity index (χ4n) is 3.17. The topological polar surface area (TPSA) is 72.0 Å². The molecule has 0 saturated heterocycles. The molecule has 3 aromatic rings. The minimum Gasteiger partial charge on any atom is -0.341 e. The molecule has 6 heteroatoms. The number of rotatable bonds is 3. The molecule has 1 saturated carbocycles. The van der Waals surface area contributed by atoms with Crippen molar-refractivity contribution in [3.8, 4) is 11.1 Å². The molecule has 0 spiro atoms. The number of hydrogen-bond acceptors (Lipinski definition) is 5. The fraction of sp³-hybridized carbons (Fsp3) is 0.263. The van der Waals surface area contributed by atoms with Crippen LogP contribution < -0.4 is 5.32 Å². The molecule has 1 unspecified atom stereocenters. The zero-order valence-corrected chi connectivity index (χ0v) is 14.4. The van der Waals surface area contributed by atoms with Crippen molar-refractivity contribution in [2.75, 3.05) is 0 Å². The maximum atomic E-state index is 12.6. The van der Waals surface area contributed by atoms with E-state index in [-0.39, 0.29) is 17.7 Å². The van der Waals surface area contributed by atoms with Gasteiger partial charge in [0.25, 0.3) is 5.91 Å². The van der Waals surface area contributed by atoms with E-state index in [9.17, 15) is 9.59 Å². The molecule has 1 aliphatic carbocycles. The number of Topliss-reactive ketones (excluding diaryl/α,β-unsaturated/α-hetero) is 1. The summed E-state index contributed by atoms with van der Waals surface area (Å²) < 4.78 is 0. The van der Waals surface area contributed by atoms with Crippen LogP contribution in [0.4, 0.5) is 0 Å².